The first-order chi connectivity index (χ1) is 11.4. The molecule has 0 aliphatic carbocycles. The summed E-state index contributed by atoms with van der Waals surface area (Å²) < 4.78 is 33.9. The van der Waals surface area contributed by atoms with Gasteiger partial charge in [0, 0.05) is 20.6 Å². The Balaban J connectivity index is 2.19. The molecule has 0 aromatic heterocycles. The van der Waals surface area contributed by atoms with Crippen LogP contribution in [0.1, 0.15) is 22.7 Å². The van der Waals surface area contributed by atoms with Crippen LogP contribution in [0.25, 0.3) is 0 Å². The normalized spacial score (nSPS) is 18.4. The Bertz CT molecular complexity index is 819. The van der Waals surface area contributed by atoms with Crippen LogP contribution in [0.4, 0.5) is 0 Å². The molecule has 1 aliphatic heterocycles. The number of fused-ring (bicyclic) bond motifs is 1. The summed E-state index contributed by atoms with van der Waals surface area (Å²) in [5.41, 5.74) is 3.10. The van der Waals surface area contributed by atoms with Gasteiger partial charge in [0.05, 0.1) is 13.2 Å². The van der Waals surface area contributed by atoms with Crippen molar-refractivity contribution in [2.75, 3.05) is 27.7 Å². The molecule has 1 unspecified atom stereocenters. The van der Waals surface area contributed by atoms with Gasteiger partial charge < -0.3 is 4.74 Å². The van der Waals surface area contributed by atoms with Gasteiger partial charge in [0.15, 0.2) is 0 Å². The maximum absolute atomic E-state index is 12.9. The van der Waals surface area contributed by atoms with E-state index in [1.54, 1.807) is 25.5 Å². The summed E-state index contributed by atoms with van der Waals surface area (Å²) in [6.45, 7) is 0.458. The molecule has 0 N–H and O–H groups in total. The molecule has 5 nitrogen and oxygen atoms in total. The van der Waals surface area contributed by atoms with Gasteiger partial charge >= 0.3 is 0 Å². The van der Waals surface area contributed by atoms with E-state index in [9.17, 15) is 8.42 Å². The highest BCUT2D eigenvalue weighted by molar-refractivity contribution is 7.86. The van der Waals surface area contributed by atoms with Crippen LogP contribution in [0.15, 0.2) is 48.5 Å². The summed E-state index contributed by atoms with van der Waals surface area (Å²) in [4.78, 5) is 0. The van der Waals surface area contributed by atoms with Crippen molar-refractivity contribution < 1.29 is 13.2 Å². The molecular weight excluding hydrogens is 324 g/mol. The zero-order chi connectivity index (χ0) is 17.3. The second-order valence-corrected chi connectivity index (χ2v) is 8.12. The third kappa shape index (κ3) is 2.92. The van der Waals surface area contributed by atoms with E-state index in [-0.39, 0.29) is 6.04 Å². The number of nitrogens with zero attached hydrogens (tertiary/aromatic N) is 2. The molecular formula is C18H22N2O3S. The van der Waals surface area contributed by atoms with Crippen LogP contribution < -0.4 is 4.74 Å². The number of benzene rings is 2. The lowest BCUT2D eigenvalue weighted by molar-refractivity contribution is 0.318. The molecule has 0 spiro atoms. The first kappa shape index (κ1) is 17.0. The van der Waals surface area contributed by atoms with Crippen LogP contribution >= 0.6 is 0 Å². The largest absolute Gasteiger partial charge is 0.497 e. The SMILES string of the molecule is COc1ccc2c(c1)C(c1ccccc1)N(S(=O)(=O)N(C)C)CC2. The highest BCUT2D eigenvalue weighted by Gasteiger charge is 2.37. The minimum Gasteiger partial charge on any atom is -0.497 e. The highest BCUT2D eigenvalue weighted by Crippen LogP contribution is 2.38. The van der Waals surface area contributed by atoms with Crippen molar-refractivity contribution in [2.45, 2.75) is 12.5 Å². The van der Waals surface area contributed by atoms with E-state index in [0.717, 1.165) is 22.4 Å². The quantitative estimate of drug-likeness (QED) is 0.854. The van der Waals surface area contributed by atoms with E-state index < -0.39 is 10.2 Å². The van der Waals surface area contributed by atoms with Crippen LogP contribution in [0, 0.1) is 0 Å². The molecule has 128 valence electrons. The summed E-state index contributed by atoms with van der Waals surface area (Å²) in [5, 5.41) is 0. The third-order valence-corrected chi connectivity index (χ3v) is 6.32. The fourth-order valence-electron chi connectivity index (χ4n) is 3.14. The maximum Gasteiger partial charge on any atom is 0.282 e. The molecule has 1 aliphatic rings. The summed E-state index contributed by atoms with van der Waals surface area (Å²) in [6.07, 6.45) is 0.690. The van der Waals surface area contributed by atoms with Gasteiger partial charge in [0.1, 0.15) is 5.75 Å². The Morgan fingerprint density at radius 1 is 1.12 bits per heavy atom. The van der Waals surface area contributed by atoms with Gasteiger partial charge in [-0.15, -0.1) is 0 Å². The number of hydrogen-bond donors (Lipinski definition) is 0. The number of methoxy groups -OCH3 is 1. The first-order valence-corrected chi connectivity index (χ1v) is 9.26. The van der Waals surface area contributed by atoms with Gasteiger partial charge in [0.2, 0.25) is 0 Å². The minimum atomic E-state index is -3.53. The zero-order valence-electron chi connectivity index (χ0n) is 14.1. The molecule has 6 heteroatoms. The number of rotatable bonds is 4. The topological polar surface area (TPSA) is 49.9 Å². The van der Waals surface area contributed by atoms with Gasteiger partial charge in [-0.25, -0.2) is 0 Å². The molecule has 2 aromatic carbocycles. The zero-order valence-corrected chi connectivity index (χ0v) is 15.0. The average Bonchev–Trinajstić information content (AvgIpc) is 2.60. The molecule has 24 heavy (non-hydrogen) atoms. The molecule has 0 saturated heterocycles. The Morgan fingerprint density at radius 2 is 1.83 bits per heavy atom. The van der Waals surface area contributed by atoms with E-state index >= 15 is 0 Å². The lowest BCUT2D eigenvalue weighted by atomic mass is 9.89. The van der Waals surface area contributed by atoms with Gasteiger partial charge in [-0.1, -0.05) is 36.4 Å². The molecule has 2 aromatic rings. The summed E-state index contributed by atoms with van der Waals surface area (Å²) in [6, 6.07) is 15.3. The Labute approximate surface area is 143 Å². The van der Waals surface area contributed by atoms with Crippen molar-refractivity contribution in [1.29, 1.82) is 0 Å². The smallest absolute Gasteiger partial charge is 0.282 e. The lowest BCUT2D eigenvalue weighted by Crippen LogP contribution is -2.45. The van der Waals surface area contributed by atoms with Gasteiger partial charge in [-0.05, 0) is 35.2 Å². The van der Waals surface area contributed by atoms with Crippen molar-refractivity contribution in [1.82, 2.24) is 8.61 Å². The fraction of sp³-hybridized carbons (Fsp3) is 0.333. The predicted octanol–water partition coefficient (Wildman–Crippen LogP) is 2.45. The van der Waals surface area contributed by atoms with E-state index in [0.29, 0.717) is 13.0 Å². The summed E-state index contributed by atoms with van der Waals surface area (Å²) >= 11 is 0. The Morgan fingerprint density at radius 3 is 2.46 bits per heavy atom. The van der Waals surface area contributed by atoms with E-state index in [1.807, 2.05) is 48.5 Å². The maximum atomic E-state index is 12.9. The molecule has 1 heterocycles. The molecule has 0 radical (unpaired) electrons. The van der Waals surface area contributed by atoms with E-state index in [4.69, 9.17) is 4.74 Å². The Hall–Kier alpha value is -1.89. The molecule has 1 atom stereocenters. The number of hydrogen-bond acceptors (Lipinski definition) is 3. The van der Waals surface area contributed by atoms with Crippen LogP contribution in [0.2, 0.25) is 0 Å². The lowest BCUT2D eigenvalue weighted by Gasteiger charge is -2.38. The summed E-state index contributed by atoms with van der Waals surface area (Å²) in [5.74, 6) is 0.735. The molecule has 0 fully saturated rings. The van der Waals surface area contributed by atoms with Crippen molar-refractivity contribution in [3.05, 3.63) is 65.2 Å². The van der Waals surface area contributed by atoms with Crippen molar-refractivity contribution in [2.24, 2.45) is 0 Å². The first-order valence-electron chi connectivity index (χ1n) is 7.86. The van der Waals surface area contributed by atoms with Crippen molar-refractivity contribution in [3.8, 4) is 5.75 Å². The van der Waals surface area contributed by atoms with Gasteiger partial charge in [-0.2, -0.15) is 17.0 Å². The minimum absolute atomic E-state index is 0.350. The van der Waals surface area contributed by atoms with Crippen LogP contribution in [-0.2, 0) is 16.6 Å². The standard InChI is InChI=1S/C18H22N2O3S/c1-19(2)24(21,22)20-12-11-14-9-10-16(23-3)13-17(14)18(20)15-7-5-4-6-8-15/h4-10,13,18H,11-12H2,1-3H3. The predicted molar refractivity (Wildman–Crippen MR) is 94.3 cm³/mol. The molecule has 3 rings (SSSR count). The van der Waals surface area contributed by atoms with Crippen molar-refractivity contribution >= 4 is 10.2 Å². The van der Waals surface area contributed by atoms with E-state index in [2.05, 4.69) is 0 Å². The highest BCUT2D eigenvalue weighted by atomic mass is 32.2. The second kappa shape index (κ2) is 6.55. The van der Waals surface area contributed by atoms with Crippen LogP contribution in [0.5, 0.6) is 5.75 Å². The number of ether oxygens (including phenoxy) is 1. The fourth-order valence-corrected chi connectivity index (χ4v) is 4.38. The Kier molecular flexibility index (Phi) is 4.62. The van der Waals surface area contributed by atoms with Crippen LogP contribution in [0.3, 0.4) is 0 Å². The van der Waals surface area contributed by atoms with Gasteiger partial charge in [-0.3, -0.25) is 0 Å². The van der Waals surface area contributed by atoms with Crippen LogP contribution in [-0.4, -0.2) is 44.8 Å². The van der Waals surface area contributed by atoms with Crippen molar-refractivity contribution in [3.63, 3.8) is 0 Å². The molecule has 0 bridgehead atoms. The summed E-state index contributed by atoms with van der Waals surface area (Å²) in [7, 11) is 1.22. The van der Waals surface area contributed by atoms with Gasteiger partial charge in [0.25, 0.3) is 10.2 Å². The molecule has 0 amide bonds. The third-order valence-electron chi connectivity index (χ3n) is 4.41. The monoisotopic (exact) mass is 346 g/mol. The molecule has 0 saturated carbocycles. The average molecular weight is 346 g/mol. The second-order valence-electron chi connectivity index (χ2n) is 6.03. The van der Waals surface area contributed by atoms with E-state index in [1.165, 1.54) is 4.31 Å².